The van der Waals surface area contributed by atoms with Crippen molar-refractivity contribution in [1.29, 1.82) is 0 Å². The van der Waals surface area contributed by atoms with Crippen LogP contribution in [0.15, 0.2) is 18.2 Å². The first-order valence-electron chi connectivity index (χ1n) is 3.56. The van der Waals surface area contributed by atoms with Crippen molar-refractivity contribution in [3.8, 4) is 0 Å². The number of nitrogens with zero attached hydrogens (tertiary/aromatic N) is 1. The molecule has 0 heterocycles. The van der Waals surface area contributed by atoms with Crippen LogP contribution in [0, 0.1) is 0 Å². The van der Waals surface area contributed by atoms with Crippen LogP contribution in [0.1, 0.15) is 5.56 Å². The van der Waals surface area contributed by atoms with Gasteiger partial charge in [-0.3, -0.25) is 0 Å². The second-order valence-electron chi connectivity index (χ2n) is 2.56. The lowest BCUT2D eigenvalue weighted by Crippen LogP contribution is -2.07. The number of halogens is 6. The number of alkyl halides is 3. The van der Waals surface area contributed by atoms with Crippen LogP contribution in [0.2, 0.25) is 0 Å². The van der Waals surface area contributed by atoms with Crippen LogP contribution < -0.4 is 10.9 Å². The molecule has 0 saturated carbocycles. The molecule has 1 aromatic carbocycles. The first kappa shape index (κ1) is 11.5. The highest BCUT2D eigenvalue weighted by atomic mass is 19.4. The number of hydrogen-bond acceptors (Lipinski definition) is 2. The molecular weight excluding hydrogens is 226 g/mol. The lowest BCUT2D eigenvalue weighted by atomic mass is 10.1. The standard InChI is InChI=1S/C7H4F6N2/c8-7(9,10)4-1-2-5(14-11)6(3-4)15(12)13/h1-3,14H. The molecule has 0 bridgehead atoms. The number of hydrogen-bond donors (Lipinski definition) is 1. The van der Waals surface area contributed by atoms with Crippen LogP contribution in [-0.2, 0) is 6.18 Å². The van der Waals surface area contributed by atoms with E-state index in [-0.39, 0.29) is 6.07 Å². The maximum Gasteiger partial charge on any atom is 0.416 e. The molecule has 0 fully saturated rings. The van der Waals surface area contributed by atoms with Gasteiger partial charge in [-0.15, -0.1) is 4.48 Å². The van der Waals surface area contributed by atoms with Gasteiger partial charge < -0.3 is 0 Å². The third-order valence-electron chi connectivity index (χ3n) is 1.61. The summed E-state index contributed by atoms with van der Waals surface area (Å²) in [7, 11) is 0. The molecule has 1 N–H and O–H groups in total. The van der Waals surface area contributed by atoms with Crippen molar-refractivity contribution in [2.45, 2.75) is 6.18 Å². The van der Waals surface area contributed by atoms with Gasteiger partial charge in [-0.2, -0.15) is 13.2 Å². The summed E-state index contributed by atoms with van der Waals surface area (Å²) >= 11 is 0. The molecular formula is C7H4F6N2. The van der Waals surface area contributed by atoms with Crippen LogP contribution in [0.5, 0.6) is 0 Å². The van der Waals surface area contributed by atoms with Gasteiger partial charge in [0, 0.05) is 0 Å². The molecule has 0 radical (unpaired) electrons. The molecule has 15 heavy (non-hydrogen) atoms. The van der Waals surface area contributed by atoms with E-state index in [4.69, 9.17) is 0 Å². The van der Waals surface area contributed by atoms with Crippen LogP contribution in [-0.4, -0.2) is 0 Å². The van der Waals surface area contributed by atoms with Crippen molar-refractivity contribution < 1.29 is 26.6 Å². The van der Waals surface area contributed by atoms with Gasteiger partial charge in [0.2, 0.25) is 0 Å². The molecule has 0 aromatic heterocycles. The van der Waals surface area contributed by atoms with Crippen molar-refractivity contribution in [1.82, 2.24) is 0 Å². The Bertz CT molecular complexity index is 348. The maximum absolute atomic E-state index is 12.1. The van der Waals surface area contributed by atoms with E-state index in [0.717, 1.165) is 5.54 Å². The van der Waals surface area contributed by atoms with E-state index in [9.17, 15) is 26.6 Å². The summed E-state index contributed by atoms with van der Waals surface area (Å²) in [4.78, 5) is 0. The van der Waals surface area contributed by atoms with Gasteiger partial charge in [0.05, 0.1) is 11.3 Å². The highest BCUT2D eigenvalue weighted by molar-refractivity contribution is 5.68. The Morgan fingerprint density at radius 2 is 1.73 bits per heavy atom. The predicted molar refractivity (Wildman–Crippen MR) is 40.9 cm³/mol. The van der Waals surface area contributed by atoms with E-state index < -0.39 is 28.5 Å². The third kappa shape index (κ3) is 2.45. The highest BCUT2D eigenvalue weighted by Gasteiger charge is 2.31. The van der Waals surface area contributed by atoms with Crippen LogP contribution >= 0.6 is 0 Å². The quantitative estimate of drug-likeness (QED) is 0.617. The Morgan fingerprint density at radius 3 is 2.13 bits per heavy atom. The smallest absolute Gasteiger partial charge is 0.222 e. The zero-order chi connectivity index (χ0) is 11.6. The van der Waals surface area contributed by atoms with E-state index in [2.05, 4.69) is 0 Å². The van der Waals surface area contributed by atoms with Gasteiger partial charge in [0.1, 0.15) is 5.69 Å². The first-order valence-corrected chi connectivity index (χ1v) is 3.56. The summed E-state index contributed by atoms with van der Waals surface area (Å²) in [6, 6.07) is 1.21. The van der Waals surface area contributed by atoms with Gasteiger partial charge >= 0.3 is 6.18 Å². The van der Waals surface area contributed by atoms with Gasteiger partial charge in [-0.05, 0) is 23.5 Å². The van der Waals surface area contributed by atoms with Gasteiger partial charge in [-0.25, -0.2) is 5.54 Å². The lowest BCUT2D eigenvalue weighted by Gasteiger charge is -2.11. The molecule has 0 amide bonds. The Balaban J connectivity index is 3.22. The molecule has 84 valence electrons. The third-order valence-corrected chi connectivity index (χ3v) is 1.61. The monoisotopic (exact) mass is 230 g/mol. The fourth-order valence-electron chi connectivity index (χ4n) is 0.928. The minimum atomic E-state index is -4.75. The maximum atomic E-state index is 12.1. The summed E-state index contributed by atoms with van der Waals surface area (Å²) in [6.07, 6.45) is -4.75. The average molecular weight is 230 g/mol. The Morgan fingerprint density at radius 1 is 1.13 bits per heavy atom. The summed E-state index contributed by atoms with van der Waals surface area (Å²) in [5.41, 5.74) is -2.34. The average Bonchev–Trinajstić information content (AvgIpc) is 2.15. The number of anilines is 2. The predicted octanol–water partition coefficient (Wildman–Crippen LogP) is 3.58. The van der Waals surface area contributed by atoms with Gasteiger partial charge in [0.25, 0.3) is 0 Å². The molecule has 0 aliphatic rings. The van der Waals surface area contributed by atoms with Crippen LogP contribution in [0.25, 0.3) is 0 Å². The van der Waals surface area contributed by atoms with Crippen molar-refractivity contribution in [2.24, 2.45) is 0 Å². The van der Waals surface area contributed by atoms with Crippen LogP contribution in [0.4, 0.5) is 38.0 Å². The number of benzene rings is 1. The molecule has 0 saturated heterocycles. The zero-order valence-electron chi connectivity index (χ0n) is 6.95. The van der Waals surface area contributed by atoms with E-state index in [1.54, 1.807) is 0 Å². The molecule has 0 aliphatic heterocycles. The SMILES string of the molecule is FNc1ccc(C(F)(F)F)cc1N(F)F. The van der Waals surface area contributed by atoms with Crippen molar-refractivity contribution >= 4 is 11.4 Å². The van der Waals surface area contributed by atoms with Crippen LogP contribution in [0.3, 0.4) is 0 Å². The summed E-state index contributed by atoms with van der Waals surface area (Å²) in [5, 5.41) is -1.60. The first-order chi connectivity index (χ1) is 6.86. The van der Waals surface area contributed by atoms with Gasteiger partial charge in [-0.1, -0.05) is 8.96 Å². The van der Waals surface area contributed by atoms with E-state index >= 15 is 0 Å². The fourth-order valence-corrected chi connectivity index (χ4v) is 0.928. The molecule has 2 nitrogen and oxygen atoms in total. The molecule has 1 aromatic rings. The Labute approximate surface area is 79.9 Å². The topological polar surface area (TPSA) is 15.3 Å². The summed E-state index contributed by atoms with van der Waals surface area (Å²) in [6.45, 7) is 0. The second kappa shape index (κ2) is 3.87. The van der Waals surface area contributed by atoms with Crippen molar-refractivity contribution in [2.75, 3.05) is 10.9 Å². The molecule has 8 heteroatoms. The summed E-state index contributed by atoms with van der Waals surface area (Å²) in [5.74, 6) is 0. The minimum Gasteiger partial charge on any atom is -0.222 e. The molecule has 0 atom stereocenters. The zero-order valence-corrected chi connectivity index (χ0v) is 6.95. The highest BCUT2D eigenvalue weighted by Crippen LogP contribution is 2.35. The van der Waals surface area contributed by atoms with Crippen molar-refractivity contribution in [3.05, 3.63) is 23.8 Å². The van der Waals surface area contributed by atoms with Gasteiger partial charge in [0.15, 0.2) is 0 Å². The molecule has 0 unspecified atom stereocenters. The molecule has 0 aliphatic carbocycles. The number of rotatable bonds is 2. The molecule has 0 spiro atoms. The minimum absolute atomic E-state index is 0.141. The van der Waals surface area contributed by atoms with Crippen molar-refractivity contribution in [3.63, 3.8) is 0 Å². The van der Waals surface area contributed by atoms with E-state index in [1.807, 2.05) is 0 Å². The largest absolute Gasteiger partial charge is 0.416 e. The normalized spacial score (nSPS) is 11.3. The Kier molecular flexibility index (Phi) is 2.96. The fraction of sp³-hybridized carbons (Fsp3) is 0.143. The number of nitrogens with one attached hydrogen (secondary N) is 1. The molecule has 1 rings (SSSR count). The lowest BCUT2D eigenvalue weighted by molar-refractivity contribution is -0.137. The van der Waals surface area contributed by atoms with E-state index in [1.165, 1.54) is 0 Å². The summed E-state index contributed by atoms with van der Waals surface area (Å²) < 4.78 is 72.2. The Hall–Kier alpha value is -1.60. The second-order valence-corrected chi connectivity index (χ2v) is 2.56. The van der Waals surface area contributed by atoms with E-state index in [0.29, 0.717) is 12.1 Å².